The van der Waals surface area contributed by atoms with Crippen LogP contribution in [0.2, 0.25) is 0 Å². The van der Waals surface area contributed by atoms with Crippen molar-refractivity contribution in [2.75, 3.05) is 0 Å². The summed E-state index contributed by atoms with van der Waals surface area (Å²) in [6.45, 7) is 1.95. The van der Waals surface area contributed by atoms with Crippen LogP contribution < -0.4 is 0 Å². The molecule has 0 saturated heterocycles. The standard InChI is InChI=1S/C21H16F4/c1-2-3-13-9-18(22)21(19(23)10-13)17-7-6-15-8-14(11-20(24)25)4-5-16(15)12-17/h4-12H,2-3H2,1H3. The minimum Gasteiger partial charge on any atom is -0.206 e. The normalized spacial score (nSPS) is 10.9. The van der Waals surface area contributed by atoms with Crippen LogP contribution in [0.15, 0.2) is 54.6 Å². The first-order valence-electron chi connectivity index (χ1n) is 8.02. The van der Waals surface area contributed by atoms with E-state index in [0.717, 1.165) is 23.3 Å². The molecule has 0 aromatic heterocycles. The summed E-state index contributed by atoms with van der Waals surface area (Å²) in [6.07, 6.45) is 0.434. The monoisotopic (exact) mass is 344 g/mol. The van der Waals surface area contributed by atoms with Crippen molar-refractivity contribution in [3.8, 4) is 11.1 Å². The Labute approximate surface area is 143 Å². The second kappa shape index (κ2) is 7.09. The SMILES string of the molecule is CCCc1cc(F)c(-c2ccc3cc(C=C(F)F)ccc3c2)c(F)c1. The molecular formula is C21H16F4. The maximum atomic E-state index is 14.4. The van der Waals surface area contributed by atoms with Gasteiger partial charge in [-0.2, -0.15) is 8.78 Å². The molecule has 0 nitrogen and oxygen atoms in total. The molecule has 0 unspecified atom stereocenters. The van der Waals surface area contributed by atoms with Crippen LogP contribution in [0.25, 0.3) is 28.0 Å². The minimum absolute atomic E-state index is 0.0690. The third-order valence-corrected chi connectivity index (χ3v) is 4.07. The number of hydrogen-bond acceptors (Lipinski definition) is 0. The molecule has 0 amide bonds. The fourth-order valence-corrected chi connectivity index (χ4v) is 2.97. The maximum Gasteiger partial charge on any atom is 0.270 e. The molecule has 25 heavy (non-hydrogen) atoms. The summed E-state index contributed by atoms with van der Waals surface area (Å²) < 4.78 is 53.5. The van der Waals surface area contributed by atoms with Gasteiger partial charge in [0.15, 0.2) is 0 Å². The molecule has 0 spiro atoms. The number of halogens is 4. The van der Waals surface area contributed by atoms with Crippen LogP contribution in [0.3, 0.4) is 0 Å². The zero-order chi connectivity index (χ0) is 18.0. The maximum absolute atomic E-state index is 14.4. The quantitative estimate of drug-likeness (QED) is 0.448. The molecule has 0 saturated carbocycles. The lowest BCUT2D eigenvalue weighted by Gasteiger charge is -2.10. The van der Waals surface area contributed by atoms with E-state index in [2.05, 4.69) is 0 Å². The van der Waals surface area contributed by atoms with E-state index in [1.54, 1.807) is 36.4 Å². The molecule has 3 aromatic rings. The Morgan fingerprint density at radius 2 is 1.52 bits per heavy atom. The Kier molecular flexibility index (Phi) is 4.88. The van der Waals surface area contributed by atoms with Gasteiger partial charge < -0.3 is 0 Å². The highest BCUT2D eigenvalue weighted by Crippen LogP contribution is 2.30. The van der Waals surface area contributed by atoms with Crippen LogP contribution >= 0.6 is 0 Å². The molecule has 0 aliphatic carbocycles. The Bertz CT molecular complexity index is 930. The van der Waals surface area contributed by atoms with E-state index in [4.69, 9.17) is 0 Å². The first-order chi connectivity index (χ1) is 12.0. The lowest BCUT2D eigenvalue weighted by molar-refractivity contribution is 0.429. The average molecular weight is 344 g/mol. The largest absolute Gasteiger partial charge is 0.270 e. The third-order valence-electron chi connectivity index (χ3n) is 4.07. The van der Waals surface area contributed by atoms with Crippen LogP contribution in [0, 0.1) is 11.6 Å². The number of aryl methyl sites for hydroxylation is 1. The van der Waals surface area contributed by atoms with Gasteiger partial charge in [-0.1, -0.05) is 37.6 Å². The van der Waals surface area contributed by atoms with Gasteiger partial charge in [0, 0.05) is 6.08 Å². The predicted octanol–water partition coefficient (Wildman–Crippen LogP) is 6.97. The predicted molar refractivity (Wildman–Crippen MR) is 93.5 cm³/mol. The summed E-state index contributed by atoms with van der Waals surface area (Å²) in [6, 6.07) is 12.5. The second-order valence-corrected chi connectivity index (χ2v) is 5.94. The molecular weight excluding hydrogens is 328 g/mol. The molecule has 0 N–H and O–H groups in total. The summed E-state index contributed by atoms with van der Waals surface area (Å²) in [4.78, 5) is 0. The van der Waals surface area contributed by atoms with Gasteiger partial charge >= 0.3 is 0 Å². The highest BCUT2D eigenvalue weighted by molar-refractivity contribution is 5.89. The molecule has 0 heterocycles. The molecule has 3 rings (SSSR count). The molecule has 0 atom stereocenters. The second-order valence-electron chi connectivity index (χ2n) is 5.94. The van der Waals surface area contributed by atoms with Gasteiger partial charge in [-0.25, -0.2) is 8.78 Å². The molecule has 0 aliphatic rings. The van der Waals surface area contributed by atoms with Crippen LogP contribution in [-0.2, 0) is 6.42 Å². The highest BCUT2D eigenvalue weighted by atomic mass is 19.3. The number of rotatable bonds is 4. The van der Waals surface area contributed by atoms with Crippen LogP contribution in [0.5, 0.6) is 0 Å². The average Bonchev–Trinajstić information content (AvgIpc) is 2.54. The summed E-state index contributed by atoms with van der Waals surface area (Å²) in [7, 11) is 0. The van der Waals surface area contributed by atoms with Crippen LogP contribution in [0.4, 0.5) is 17.6 Å². The van der Waals surface area contributed by atoms with E-state index < -0.39 is 17.7 Å². The minimum atomic E-state index is -1.77. The summed E-state index contributed by atoms with van der Waals surface area (Å²) in [5.74, 6) is -1.19. The first kappa shape index (κ1) is 17.2. The van der Waals surface area contributed by atoms with Crippen molar-refractivity contribution >= 4 is 16.8 Å². The van der Waals surface area contributed by atoms with Gasteiger partial charge in [-0.05, 0) is 58.1 Å². The van der Waals surface area contributed by atoms with E-state index in [0.29, 0.717) is 23.1 Å². The summed E-state index contributed by atoms with van der Waals surface area (Å²) in [5, 5.41) is 1.45. The van der Waals surface area contributed by atoms with Crippen molar-refractivity contribution in [1.82, 2.24) is 0 Å². The molecule has 0 radical (unpaired) electrons. The van der Waals surface area contributed by atoms with Crippen molar-refractivity contribution in [1.29, 1.82) is 0 Å². The summed E-state index contributed by atoms with van der Waals surface area (Å²) in [5.41, 5.74) is 1.36. The summed E-state index contributed by atoms with van der Waals surface area (Å²) >= 11 is 0. The smallest absolute Gasteiger partial charge is 0.206 e. The lowest BCUT2D eigenvalue weighted by Crippen LogP contribution is -1.94. The van der Waals surface area contributed by atoms with Gasteiger partial charge in [0.05, 0.1) is 5.56 Å². The van der Waals surface area contributed by atoms with E-state index in [9.17, 15) is 17.6 Å². The molecule has 4 heteroatoms. The van der Waals surface area contributed by atoms with Crippen molar-refractivity contribution in [2.24, 2.45) is 0 Å². The molecule has 3 aromatic carbocycles. The zero-order valence-electron chi connectivity index (χ0n) is 13.6. The molecule has 0 aliphatic heterocycles. The Morgan fingerprint density at radius 3 is 2.16 bits per heavy atom. The fourth-order valence-electron chi connectivity index (χ4n) is 2.97. The van der Waals surface area contributed by atoms with Gasteiger partial charge in [0.25, 0.3) is 6.08 Å². The van der Waals surface area contributed by atoms with E-state index in [-0.39, 0.29) is 5.56 Å². The van der Waals surface area contributed by atoms with Crippen molar-refractivity contribution in [3.05, 3.63) is 77.4 Å². The van der Waals surface area contributed by atoms with Crippen molar-refractivity contribution < 1.29 is 17.6 Å². The number of fused-ring (bicyclic) bond motifs is 1. The molecule has 0 bridgehead atoms. The Hall–Kier alpha value is -2.62. The topological polar surface area (TPSA) is 0 Å². The van der Waals surface area contributed by atoms with E-state index >= 15 is 0 Å². The van der Waals surface area contributed by atoms with Gasteiger partial charge in [0.1, 0.15) is 11.6 Å². The first-order valence-corrected chi connectivity index (χ1v) is 8.02. The van der Waals surface area contributed by atoms with Crippen LogP contribution in [0.1, 0.15) is 24.5 Å². The highest BCUT2D eigenvalue weighted by Gasteiger charge is 2.13. The Balaban J connectivity index is 2.06. The zero-order valence-corrected chi connectivity index (χ0v) is 13.6. The van der Waals surface area contributed by atoms with Crippen molar-refractivity contribution in [2.45, 2.75) is 19.8 Å². The fraction of sp³-hybridized carbons (Fsp3) is 0.143. The third kappa shape index (κ3) is 3.73. The van der Waals surface area contributed by atoms with Crippen LogP contribution in [-0.4, -0.2) is 0 Å². The molecule has 128 valence electrons. The van der Waals surface area contributed by atoms with Gasteiger partial charge in [-0.3, -0.25) is 0 Å². The van der Waals surface area contributed by atoms with Gasteiger partial charge in [-0.15, -0.1) is 0 Å². The molecule has 0 fully saturated rings. The lowest BCUT2D eigenvalue weighted by atomic mass is 9.97. The van der Waals surface area contributed by atoms with Crippen molar-refractivity contribution in [3.63, 3.8) is 0 Å². The number of benzene rings is 3. The van der Waals surface area contributed by atoms with Gasteiger partial charge in [0.2, 0.25) is 0 Å². The van der Waals surface area contributed by atoms with E-state index in [1.165, 1.54) is 12.1 Å². The Morgan fingerprint density at radius 1 is 0.880 bits per heavy atom. The number of hydrogen-bond donors (Lipinski definition) is 0. The van der Waals surface area contributed by atoms with E-state index in [1.807, 2.05) is 6.92 Å².